The topological polar surface area (TPSA) is 40.6 Å². The molecule has 134 valence electrons. The molecule has 0 unspecified atom stereocenters. The van der Waals surface area contributed by atoms with E-state index < -0.39 is 10.0 Å². The first-order valence-electron chi connectivity index (χ1n) is 8.97. The summed E-state index contributed by atoms with van der Waals surface area (Å²) in [4.78, 5) is 2.59. The van der Waals surface area contributed by atoms with Crippen LogP contribution in [0, 0.1) is 0 Å². The van der Waals surface area contributed by atoms with Gasteiger partial charge in [-0.2, -0.15) is 4.31 Å². The van der Waals surface area contributed by atoms with Gasteiger partial charge in [-0.3, -0.25) is 4.90 Å². The Bertz CT molecular complexity index is 789. The van der Waals surface area contributed by atoms with Gasteiger partial charge < -0.3 is 0 Å². The molecule has 6 heteroatoms. The van der Waals surface area contributed by atoms with Gasteiger partial charge in [-0.05, 0) is 55.8 Å². The van der Waals surface area contributed by atoms with Crippen molar-refractivity contribution in [3.63, 3.8) is 0 Å². The summed E-state index contributed by atoms with van der Waals surface area (Å²) in [5.41, 5.74) is 1.32. The fourth-order valence-electron chi connectivity index (χ4n) is 4.32. The van der Waals surface area contributed by atoms with E-state index >= 15 is 0 Å². The number of rotatable bonds is 4. The molecular formula is C19H24N2O2S2. The molecule has 2 aromatic rings. The predicted molar refractivity (Wildman–Crippen MR) is 101 cm³/mol. The van der Waals surface area contributed by atoms with Gasteiger partial charge in [0.2, 0.25) is 0 Å². The van der Waals surface area contributed by atoms with Crippen molar-refractivity contribution < 1.29 is 8.42 Å². The molecule has 2 aliphatic rings. The van der Waals surface area contributed by atoms with E-state index in [1.807, 2.05) is 5.38 Å². The van der Waals surface area contributed by atoms with Gasteiger partial charge in [-0.25, -0.2) is 8.42 Å². The van der Waals surface area contributed by atoms with E-state index in [2.05, 4.69) is 35.2 Å². The Labute approximate surface area is 154 Å². The summed E-state index contributed by atoms with van der Waals surface area (Å²) in [6.07, 6.45) is 4.21. The average molecular weight is 377 g/mol. The summed E-state index contributed by atoms with van der Waals surface area (Å²) in [6.45, 7) is 3.41. The third kappa shape index (κ3) is 3.05. The molecule has 2 aliphatic heterocycles. The van der Waals surface area contributed by atoms with E-state index in [1.54, 1.807) is 16.4 Å². The van der Waals surface area contributed by atoms with Crippen LogP contribution in [-0.4, -0.2) is 43.8 Å². The van der Waals surface area contributed by atoms with Gasteiger partial charge in [0, 0.05) is 18.6 Å². The second-order valence-corrected chi connectivity index (χ2v) is 10.0. The molecule has 2 fully saturated rings. The Kier molecular flexibility index (Phi) is 4.71. The van der Waals surface area contributed by atoms with Crippen LogP contribution in [0.5, 0.6) is 0 Å². The maximum absolute atomic E-state index is 12.8. The van der Waals surface area contributed by atoms with Crippen LogP contribution in [0.1, 0.15) is 31.2 Å². The SMILES string of the molecule is O=S(=O)(c1cccs1)N1CCC(c2ccccc2)(N2CCCC2)CC1. The smallest absolute Gasteiger partial charge is 0.252 e. The van der Waals surface area contributed by atoms with Crippen molar-refractivity contribution in [1.82, 2.24) is 9.21 Å². The van der Waals surface area contributed by atoms with Gasteiger partial charge in [-0.15, -0.1) is 11.3 Å². The highest BCUT2D eigenvalue weighted by molar-refractivity contribution is 7.91. The van der Waals surface area contributed by atoms with Crippen LogP contribution in [-0.2, 0) is 15.6 Å². The largest absolute Gasteiger partial charge is 0.293 e. The minimum absolute atomic E-state index is 0.0147. The zero-order chi connectivity index (χ0) is 17.3. The zero-order valence-electron chi connectivity index (χ0n) is 14.3. The molecule has 0 N–H and O–H groups in total. The summed E-state index contributed by atoms with van der Waals surface area (Å²) in [6, 6.07) is 14.2. The molecule has 0 amide bonds. The number of piperidine rings is 1. The van der Waals surface area contributed by atoms with Crippen LogP contribution in [0.15, 0.2) is 52.1 Å². The molecule has 3 heterocycles. The van der Waals surface area contributed by atoms with E-state index in [4.69, 9.17) is 0 Å². The molecule has 25 heavy (non-hydrogen) atoms. The van der Waals surface area contributed by atoms with Gasteiger partial charge in [0.1, 0.15) is 4.21 Å². The molecule has 0 radical (unpaired) electrons. The lowest BCUT2D eigenvalue weighted by atomic mass is 9.80. The lowest BCUT2D eigenvalue weighted by Gasteiger charge is -2.47. The van der Waals surface area contributed by atoms with Gasteiger partial charge in [0.05, 0.1) is 0 Å². The lowest BCUT2D eigenvalue weighted by Crippen LogP contribution is -2.53. The monoisotopic (exact) mass is 376 g/mol. The molecule has 4 rings (SSSR count). The molecule has 0 aliphatic carbocycles. The molecule has 0 spiro atoms. The fourth-order valence-corrected chi connectivity index (χ4v) is 6.90. The first kappa shape index (κ1) is 17.2. The number of hydrogen-bond acceptors (Lipinski definition) is 4. The minimum Gasteiger partial charge on any atom is -0.293 e. The average Bonchev–Trinajstić information content (AvgIpc) is 3.36. The van der Waals surface area contributed by atoms with Crippen LogP contribution in [0.25, 0.3) is 0 Å². The number of benzene rings is 1. The van der Waals surface area contributed by atoms with Crippen LogP contribution in [0.3, 0.4) is 0 Å². The van der Waals surface area contributed by atoms with Crippen LogP contribution in [0.4, 0.5) is 0 Å². The molecule has 0 bridgehead atoms. The maximum Gasteiger partial charge on any atom is 0.252 e. The van der Waals surface area contributed by atoms with Crippen molar-refractivity contribution in [2.24, 2.45) is 0 Å². The number of likely N-dealkylation sites (tertiary alicyclic amines) is 1. The van der Waals surface area contributed by atoms with Crippen molar-refractivity contribution in [2.75, 3.05) is 26.2 Å². The Morgan fingerprint density at radius 1 is 0.880 bits per heavy atom. The van der Waals surface area contributed by atoms with Gasteiger partial charge in [0.25, 0.3) is 10.0 Å². The lowest BCUT2D eigenvalue weighted by molar-refractivity contribution is 0.0573. The summed E-state index contributed by atoms with van der Waals surface area (Å²) in [5.74, 6) is 0. The predicted octanol–water partition coefficient (Wildman–Crippen LogP) is 3.52. The molecule has 4 nitrogen and oxygen atoms in total. The number of thiophene rings is 1. The highest BCUT2D eigenvalue weighted by Crippen LogP contribution is 2.42. The highest BCUT2D eigenvalue weighted by atomic mass is 32.2. The van der Waals surface area contributed by atoms with Gasteiger partial charge in [0.15, 0.2) is 0 Å². The maximum atomic E-state index is 12.8. The number of sulfonamides is 1. The van der Waals surface area contributed by atoms with Crippen molar-refractivity contribution in [3.8, 4) is 0 Å². The summed E-state index contributed by atoms with van der Waals surface area (Å²) in [7, 11) is -3.34. The Hall–Kier alpha value is -1.21. The Morgan fingerprint density at radius 2 is 1.56 bits per heavy atom. The molecule has 0 saturated carbocycles. The van der Waals surface area contributed by atoms with Crippen LogP contribution >= 0.6 is 11.3 Å². The molecule has 1 aromatic carbocycles. The number of nitrogens with zero attached hydrogens (tertiary/aromatic N) is 2. The van der Waals surface area contributed by atoms with E-state index in [9.17, 15) is 8.42 Å². The van der Waals surface area contributed by atoms with Crippen molar-refractivity contribution in [2.45, 2.75) is 35.4 Å². The van der Waals surface area contributed by atoms with Crippen LogP contribution < -0.4 is 0 Å². The molecule has 0 atom stereocenters. The Morgan fingerprint density at radius 3 is 2.16 bits per heavy atom. The van der Waals surface area contributed by atoms with Gasteiger partial charge >= 0.3 is 0 Å². The van der Waals surface area contributed by atoms with Crippen LogP contribution in [0.2, 0.25) is 0 Å². The van der Waals surface area contributed by atoms with Crippen molar-refractivity contribution in [1.29, 1.82) is 0 Å². The third-order valence-electron chi connectivity index (χ3n) is 5.66. The van der Waals surface area contributed by atoms with E-state index in [1.165, 1.54) is 29.7 Å². The molecule has 1 aromatic heterocycles. The summed E-state index contributed by atoms with van der Waals surface area (Å²) >= 11 is 1.31. The summed E-state index contributed by atoms with van der Waals surface area (Å²) in [5, 5.41) is 1.83. The normalized spacial score (nSPS) is 22.2. The highest BCUT2D eigenvalue weighted by Gasteiger charge is 2.44. The second-order valence-electron chi connectivity index (χ2n) is 6.93. The molecule has 2 saturated heterocycles. The first-order valence-corrected chi connectivity index (χ1v) is 11.3. The van der Waals surface area contributed by atoms with Crippen molar-refractivity contribution in [3.05, 3.63) is 53.4 Å². The first-order chi connectivity index (χ1) is 12.1. The summed E-state index contributed by atoms with van der Waals surface area (Å²) < 4.78 is 27.8. The van der Waals surface area contributed by atoms with Crippen molar-refractivity contribution >= 4 is 21.4 Å². The standard InChI is InChI=1S/C19H24N2O2S2/c22-25(23,18-9-6-16-24-18)21-14-10-19(11-15-21,20-12-4-5-13-20)17-7-2-1-3-8-17/h1-3,6-9,16H,4-5,10-15H2. The minimum atomic E-state index is -3.34. The second kappa shape index (κ2) is 6.83. The molecular weight excluding hydrogens is 352 g/mol. The van der Waals surface area contributed by atoms with E-state index in [0.717, 1.165) is 25.9 Å². The third-order valence-corrected chi connectivity index (χ3v) is 8.93. The van der Waals surface area contributed by atoms with E-state index in [-0.39, 0.29) is 5.54 Å². The number of hydrogen-bond donors (Lipinski definition) is 0. The van der Waals surface area contributed by atoms with Gasteiger partial charge in [-0.1, -0.05) is 36.4 Å². The Balaban J connectivity index is 1.60. The quantitative estimate of drug-likeness (QED) is 0.820. The fraction of sp³-hybridized carbons (Fsp3) is 0.474. The zero-order valence-corrected chi connectivity index (χ0v) is 15.9. The van der Waals surface area contributed by atoms with E-state index in [0.29, 0.717) is 17.3 Å².